The lowest BCUT2D eigenvalue weighted by Crippen LogP contribution is -2.46. The van der Waals surface area contributed by atoms with E-state index < -0.39 is 0 Å². The van der Waals surface area contributed by atoms with Crippen LogP contribution < -0.4 is 15.5 Å². The fraction of sp³-hybridized carbons (Fsp3) is 0.700. The summed E-state index contributed by atoms with van der Waals surface area (Å²) in [5, 5.41) is 6.72. The number of hydrogen-bond donors (Lipinski definition) is 2. The van der Waals surface area contributed by atoms with E-state index in [1.807, 2.05) is 6.20 Å². The summed E-state index contributed by atoms with van der Waals surface area (Å²) in [6.07, 6.45) is 4.61. The van der Waals surface area contributed by atoms with Gasteiger partial charge in [-0.3, -0.25) is 4.99 Å². The first-order valence-electron chi connectivity index (χ1n) is 9.91. The minimum atomic E-state index is -0.0900. The van der Waals surface area contributed by atoms with Crippen LogP contribution in [0.25, 0.3) is 0 Å². The maximum absolute atomic E-state index is 5.82. The highest BCUT2D eigenvalue weighted by atomic mass is 16.5. The number of aliphatic imine (C=N–C) groups is 1. The zero-order valence-electron chi connectivity index (χ0n) is 17.0. The van der Waals surface area contributed by atoms with Gasteiger partial charge in [0.2, 0.25) is 0 Å². The van der Waals surface area contributed by atoms with E-state index in [0.717, 1.165) is 56.4 Å². The Labute approximate surface area is 162 Å². The highest BCUT2D eigenvalue weighted by Crippen LogP contribution is 2.23. The molecule has 3 atom stereocenters. The van der Waals surface area contributed by atoms with Crippen molar-refractivity contribution in [2.45, 2.75) is 58.0 Å². The zero-order chi connectivity index (χ0) is 19.3. The molecule has 150 valence electrons. The van der Waals surface area contributed by atoms with Crippen LogP contribution in [0.2, 0.25) is 0 Å². The number of hydrogen-bond acceptors (Lipinski definition) is 5. The summed E-state index contributed by atoms with van der Waals surface area (Å²) in [5.74, 6) is 1.79. The molecule has 0 amide bonds. The molecule has 2 aliphatic rings. The van der Waals surface area contributed by atoms with Gasteiger partial charge < -0.3 is 25.0 Å². The Balaban J connectivity index is 1.49. The van der Waals surface area contributed by atoms with Gasteiger partial charge in [-0.25, -0.2) is 4.98 Å². The molecule has 0 radical (unpaired) electrons. The molecule has 1 aromatic heterocycles. The van der Waals surface area contributed by atoms with Crippen molar-refractivity contribution in [3.05, 3.63) is 23.9 Å². The number of guanidine groups is 1. The topological polar surface area (TPSA) is 71.0 Å². The zero-order valence-corrected chi connectivity index (χ0v) is 17.0. The highest BCUT2D eigenvalue weighted by Gasteiger charge is 2.29. The Morgan fingerprint density at radius 1 is 1.30 bits per heavy atom. The van der Waals surface area contributed by atoms with Crippen LogP contribution in [0.5, 0.6) is 0 Å². The Morgan fingerprint density at radius 3 is 2.67 bits per heavy atom. The maximum atomic E-state index is 5.82. The summed E-state index contributed by atoms with van der Waals surface area (Å²) in [4.78, 5) is 11.2. The van der Waals surface area contributed by atoms with Gasteiger partial charge in [0.1, 0.15) is 5.82 Å². The van der Waals surface area contributed by atoms with E-state index in [2.05, 4.69) is 58.4 Å². The van der Waals surface area contributed by atoms with Crippen LogP contribution in [-0.2, 0) is 16.0 Å². The predicted molar refractivity (Wildman–Crippen MR) is 108 cm³/mol. The molecule has 2 saturated heterocycles. The minimum Gasteiger partial charge on any atom is -0.373 e. The van der Waals surface area contributed by atoms with Crippen LogP contribution in [0.3, 0.4) is 0 Å². The van der Waals surface area contributed by atoms with Crippen molar-refractivity contribution in [3.63, 3.8) is 0 Å². The van der Waals surface area contributed by atoms with Crippen molar-refractivity contribution in [2.24, 2.45) is 4.99 Å². The lowest BCUT2D eigenvalue weighted by molar-refractivity contribution is -0.00546. The van der Waals surface area contributed by atoms with Crippen molar-refractivity contribution < 1.29 is 9.47 Å². The van der Waals surface area contributed by atoms with Crippen LogP contribution in [-0.4, -0.2) is 62.0 Å². The average molecular weight is 376 g/mol. The molecule has 3 heterocycles. The first-order valence-corrected chi connectivity index (χ1v) is 9.91. The fourth-order valence-corrected chi connectivity index (χ4v) is 3.73. The van der Waals surface area contributed by atoms with Crippen molar-refractivity contribution in [1.29, 1.82) is 0 Å². The first-order chi connectivity index (χ1) is 13.0. The van der Waals surface area contributed by atoms with Crippen molar-refractivity contribution >= 4 is 11.8 Å². The minimum absolute atomic E-state index is 0.0900. The van der Waals surface area contributed by atoms with Gasteiger partial charge in [-0.15, -0.1) is 0 Å². The van der Waals surface area contributed by atoms with E-state index in [9.17, 15) is 0 Å². The van der Waals surface area contributed by atoms with E-state index >= 15 is 0 Å². The maximum Gasteiger partial charge on any atom is 0.191 e. The standard InChI is InChI=1S/C20H33N5O2/c1-15-12-25(13-16(2)27-15)18-7-6-17(10-22-18)11-23-19(21-4)24-14-20(3)8-5-9-26-20/h6-7,10,15-16H,5,8-9,11-14H2,1-4H3,(H2,21,23,24). The third-order valence-electron chi connectivity index (χ3n) is 5.17. The Hall–Kier alpha value is -1.86. The largest absolute Gasteiger partial charge is 0.373 e. The molecule has 0 aliphatic carbocycles. The van der Waals surface area contributed by atoms with Gasteiger partial charge in [-0.2, -0.15) is 0 Å². The first kappa shape index (κ1) is 19.9. The van der Waals surface area contributed by atoms with E-state index in [4.69, 9.17) is 9.47 Å². The fourth-order valence-electron chi connectivity index (χ4n) is 3.73. The van der Waals surface area contributed by atoms with Crippen molar-refractivity contribution in [3.8, 4) is 0 Å². The molecule has 3 rings (SSSR count). The number of morpholine rings is 1. The second-order valence-electron chi connectivity index (χ2n) is 7.87. The number of rotatable bonds is 5. The average Bonchev–Trinajstić information content (AvgIpc) is 3.08. The molecule has 3 unspecified atom stereocenters. The molecule has 0 spiro atoms. The third-order valence-corrected chi connectivity index (χ3v) is 5.17. The number of aromatic nitrogens is 1. The van der Waals surface area contributed by atoms with Gasteiger partial charge in [0.25, 0.3) is 0 Å². The Morgan fingerprint density at radius 2 is 2.07 bits per heavy atom. The number of nitrogens with one attached hydrogen (secondary N) is 2. The van der Waals surface area contributed by atoms with Gasteiger partial charge in [0.05, 0.1) is 17.8 Å². The Bertz CT molecular complexity index is 618. The van der Waals surface area contributed by atoms with Gasteiger partial charge in [-0.1, -0.05) is 6.07 Å². The lowest BCUT2D eigenvalue weighted by atomic mass is 10.0. The summed E-state index contributed by atoms with van der Waals surface area (Å²) in [7, 11) is 1.79. The number of anilines is 1. The number of ether oxygens (including phenoxy) is 2. The van der Waals surface area contributed by atoms with Gasteiger partial charge in [-0.05, 0) is 45.2 Å². The molecular weight excluding hydrogens is 342 g/mol. The van der Waals surface area contributed by atoms with Crippen LogP contribution >= 0.6 is 0 Å². The van der Waals surface area contributed by atoms with Crippen LogP contribution in [0, 0.1) is 0 Å². The van der Waals surface area contributed by atoms with Gasteiger partial charge >= 0.3 is 0 Å². The Kier molecular flexibility index (Phi) is 6.55. The molecule has 2 aliphatic heterocycles. The van der Waals surface area contributed by atoms with Gasteiger partial charge in [0, 0.05) is 46.0 Å². The van der Waals surface area contributed by atoms with Crippen LogP contribution in [0.15, 0.2) is 23.3 Å². The number of nitrogens with zero attached hydrogens (tertiary/aromatic N) is 3. The molecule has 7 heteroatoms. The summed E-state index contributed by atoms with van der Waals surface area (Å²) < 4.78 is 11.6. The molecule has 1 aromatic rings. The summed E-state index contributed by atoms with van der Waals surface area (Å²) in [5.41, 5.74) is 1.03. The molecule has 2 N–H and O–H groups in total. The smallest absolute Gasteiger partial charge is 0.191 e. The van der Waals surface area contributed by atoms with Crippen LogP contribution in [0.4, 0.5) is 5.82 Å². The molecule has 27 heavy (non-hydrogen) atoms. The van der Waals surface area contributed by atoms with Crippen LogP contribution in [0.1, 0.15) is 39.2 Å². The summed E-state index contributed by atoms with van der Waals surface area (Å²) >= 11 is 0. The summed E-state index contributed by atoms with van der Waals surface area (Å²) in [6, 6.07) is 4.21. The van der Waals surface area contributed by atoms with Crippen molar-refractivity contribution in [1.82, 2.24) is 15.6 Å². The number of pyridine rings is 1. The van der Waals surface area contributed by atoms with Gasteiger partial charge in [0.15, 0.2) is 5.96 Å². The van der Waals surface area contributed by atoms with E-state index in [1.165, 1.54) is 0 Å². The van der Waals surface area contributed by atoms with E-state index in [0.29, 0.717) is 6.54 Å². The molecule has 0 saturated carbocycles. The third kappa shape index (κ3) is 5.56. The molecule has 2 fully saturated rings. The second kappa shape index (κ2) is 8.89. The normalized spacial score (nSPS) is 29.0. The SMILES string of the molecule is CN=C(NCc1ccc(N2CC(C)OC(C)C2)nc1)NCC1(C)CCCO1. The molecule has 7 nitrogen and oxygen atoms in total. The molecule has 0 bridgehead atoms. The van der Waals surface area contributed by atoms with Crippen molar-refractivity contribution in [2.75, 3.05) is 38.2 Å². The molecular formula is C20H33N5O2. The highest BCUT2D eigenvalue weighted by molar-refractivity contribution is 5.79. The van der Waals surface area contributed by atoms with E-state index in [1.54, 1.807) is 7.05 Å². The predicted octanol–water partition coefficient (Wildman–Crippen LogP) is 1.93. The summed E-state index contributed by atoms with van der Waals surface area (Å²) in [6.45, 7) is 10.4. The molecule has 0 aromatic carbocycles. The van der Waals surface area contributed by atoms with E-state index in [-0.39, 0.29) is 17.8 Å². The lowest BCUT2D eigenvalue weighted by Gasteiger charge is -2.36. The second-order valence-corrected chi connectivity index (χ2v) is 7.87. The quantitative estimate of drug-likeness (QED) is 0.605. The monoisotopic (exact) mass is 375 g/mol.